The predicted molar refractivity (Wildman–Crippen MR) is 131 cm³/mol. The number of fused-ring (bicyclic) bond motifs is 1. The van der Waals surface area contributed by atoms with E-state index in [4.69, 9.17) is 26.4 Å². The SMILES string of the molecule is CCCC1CCC(c2ccc(NC(=S)N[C@@H]3[C@H]4OC(C)(C)O[C@H]4O[C@@H]3[C@H](O)CO)cc2)CC1. The maximum Gasteiger partial charge on any atom is 0.189 e. The molecule has 7 nitrogen and oxygen atoms in total. The first-order valence-corrected chi connectivity index (χ1v) is 12.7. The first kappa shape index (κ1) is 24.8. The second-order valence-electron chi connectivity index (χ2n) is 10.1. The highest BCUT2D eigenvalue weighted by molar-refractivity contribution is 7.80. The summed E-state index contributed by atoms with van der Waals surface area (Å²) in [5.74, 6) is 0.765. The lowest BCUT2D eigenvalue weighted by Gasteiger charge is -2.29. The van der Waals surface area contributed by atoms with Crippen LogP contribution in [0.3, 0.4) is 0 Å². The molecule has 2 aliphatic heterocycles. The van der Waals surface area contributed by atoms with E-state index in [1.807, 2.05) is 13.8 Å². The summed E-state index contributed by atoms with van der Waals surface area (Å²) in [6.07, 6.45) is 5.01. The zero-order valence-electron chi connectivity index (χ0n) is 19.8. The van der Waals surface area contributed by atoms with E-state index >= 15 is 0 Å². The Morgan fingerprint density at radius 2 is 1.85 bits per heavy atom. The summed E-state index contributed by atoms with van der Waals surface area (Å²) >= 11 is 5.54. The van der Waals surface area contributed by atoms with Crippen LogP contribution >= 0.6 is 12.2 Å². The molecule has 0 bridgehead atoms. The van der Waals surface area contributed by atoms with Gasteiger partial charge in [-0.3, -0.25) is 0 Å². The number of thiocarbonyl (C=S) groups is 1. The number of aliphatic hydroxyl groups is 2. The number of hydrogen-bond donors (Lipinski definition) is 4. The molecular formula is C25H38N2O5S. The zero-order valence-corrected chi connectivity index (χ0v) is 20.6. The van der Waals surface area contributed by atoms with E-state index < -0.39 is 43.0 Å². The largest absolute Gasteiger partial charge is 0.394 e. The molecule has 0 aromatic heterocycles. The smallest absolute Gasteiger partial charge is 0.189 e. The van der Waals surface area contributed by atoms with Gasteiger partial charge in [-0.2, -0.15) is 0 Å². The standard InChI is InChI=1S/C25H38N2O5S/c1-4-5-15-6-8-16(9-7-15)17-10-12-18(13-11-17)26-24(33)27-20-21(19(29)14-28)30-23-22(20)31-25(2,3)32-23/h10-13,15-16,19-23,28-29H,4-9,14H2,1-3H3,(H2,26,27,33)/t15?,16?,19-,20+,21-,22-,23-/m1/s1. The minimum absolute atomic E-state index is 0.403. The van der Waals surface area contributed by atoms with Crippen molar-refractivity contribution in [1.29, 1.82) is 0 Å². The van der Waals surface area contributed by atoms with Crippen LogP contribution < -0.4 is 10.6 Å². The Kier molecular flexibility index (Phi) is 7.93. The molecule has 1 saturated carbocycles. The molecule has 0 unspecified atom stereocenters. The van der Waals surface area contributed by atoms with Crippen LogP contribution in [0.4, 0.5) is 5.69 Å². The Morgan fingerprint density at radius 3 is 2.48 bits per heavy atom. The molecule has 5 atom stereocenters. The summed E-state index contributed by atoms with van der Waals surface area (Å²) in [7, 11) is 0. The number of benzene rings is 1. The third-order valence-electron chi connectivity index (χ3n) is 7.13. The molecule has 1 aromatic rings. The molecule has 1 aliphatic carbocycles. The van der Waals surface area contributed by atoms with Gasteiger partial charge in [-0.25, -0.2) is 0 Å². The first-order chi connectivity index (χ1) is 15.8. The molecule has 2 saturated heterocycles. The van der Waals surface area contributed by atoms with Gasteiger partial charge >= 0.3 is 0 Å². The maximum atomic E-state index is 10.2. The maximum absolute atomic E-state index is 10.2. The van der Waals surface area contributed by atoms with Crippen molar-refractivity contribution in [1.82, 2.24) is 5.32 Å². The minimum Gasteiger partial charge on any atom is -0.394 e. The highest BCUT2D eigenvalue weighted by Gasteiger charge is 2.56. The van der Waals surface area contributed by atoms with E-state index in [0.717, 1.165) is 11.6 Å². The van der Waals surface area contributed by atoms with E-state index in [-0.39, 0.29) is 0 Å². The molecule has 4 N–H and O–H groups in total. The third-order valence-corrected chi connectivity index (χ3v) is 7.35. The van der Waals surface area contributed by atoms with Crippen molar-refractivity contribution in [3.63, 3.8) is 0 Å². The van der Waals surface area contributed by atoms with Gasteiger partial charge in [0.1, 0.15) is 18.3 Å². The van der Waals surface area contributed by atoms with Crippen LogP contribution in [0.15, 0.2) is 24.3 Å². The molecular weight excluding hydrogens is 440 g/mol. The molecule has 1 aromatic carbocycles. The van der Waals surface area contributed by atoms with Gasteiger partial charge in [-0.1, -0.05) is 31.9 Å². The average Bonchev–Trinajstić information content (AvgIpc) is 3.27. The van der Waals surface area contributed by atoms with Gasteiger partial charge in [-0.05, 0) is 81.3 Å². The van der Waals surface area contributed by atoms with Gasteiger partial charge in [0.2, 0.25) is 0 Å². The number of aliphatic hydroxyl groups excluding tert-OH is 2. The van der Waals surface area contributed by atoms with Crippen molar-refractivity contribution in [2.45, 2.75) is 102 Å². The van der Waals surface area contributed by atoms with Crippen molar-refractivity contribution in [2.75, 3.05) is 11.9 Å². The molecule has 2 heterocycles. The van der Waals surface area contributed by atoms with Gasteiger partial charge in [0, 0.05) is 5.69 Å². The number of nitrogens with one attached hydrogen (secondary N) is 2. The van der Waals surface area contributed by atoms with Gasteiger partial charge in [0.25, 0.3) is 0 Å². The minimum atomic E-state index is -1.07. The van der Waals surface area contributed by atoms with Crippen LogP contribution in [0, 0.1) is 5.92 Å². The van der Waals surface area contributed by atoms with Crippen molar-refractivity contribution >= 4 is 23.0 Å². The van der Waals surface area contributed by atoms with Gasteiger partial charge in [-0.15, -0.1) is 0 Å². The lowest BCUT2D eigenvalue weighted by Crippen LogP contribution is -2.53. The molecule has 0 radical (unpaired) electrons. The average molecular weight is 479 g/mol. The summed E-state index contributed by atoms with van der Waals surface area (Å²) in [5.41, 5.74) is 2.29. The monoisotopic (exact) mass is 478 g/mol. The Hall–Kier alpha value is -1.29. The Balaban J connectivity index is 1.34. The van der Waals surface area contributed by atoms with Gasteiger partial charge in [0.05, 0.1) is 12.6 Å². The van der Waals surface area contributed by atoms with E-state index in [1.165, 1.54) is 44.1 Å². The normalized spacial score (nSPS) is 34.0. The van der Waals surface area contributed by atoms with Crippen LogP contribution in [0.2, 0.25) is 0 Å². The third kappa shape index (κ3) is 5.86. The highest BCUT2D eigenvalue weighted by atomic mass is 32.1. The fourth-order valence-electron chi connectivity index (χ4n) is 5.48. The Morgan fingerprint density at radius 1 is 1.15 bits per heavy atom. The summed E-state index contributed by atoms with van der Waals surface area (Å²) in [4.78, 5) is 0. The van der Waals surface area contributed by atoms with Crippen LogP contribution in [0.5, 0.6) is 0 Å². The van der Waals surface area contributed by atoms with Crippen LogP contribution in [0.25, 0.3) is 0 Å². The topological polar surface area (TPSA) is 92.2 Å². The lowest BCUT2D eigenvalue weighted by atomic mass is 9.77. The molecule has 3 fully saturated rings. The molecule has 3 aliphatic rings. The summed E-state index contributed by atoms with van der Waals surface area (Å²) in [5, 5.41) is 26.5. The fraction of sp³-hybridized carbons (Fsp3) is 0.720. The predicted octanol–water partition coefficient (Wildman–Crippen LogP) is 3.65. The highest BCUT2D eigenvalue weighted by Crippen LogP contribution is 2.39. The van der Waals surface area contributed by atoms with E-state index in [2.05, 4.69) is 41.8 Å². The molecule has 8 heteroatoms. The molecule has 4 rings (SSSR count). The van der Waals surface area contributed by atoms with Crippen molar-refractivity contribution in [2.24, 2.45) is 5.92 Å². The second-order valence-corrected chi connectivity index (χ2v) is 10.5. The van der Waals surface area contributed by atoms with Crippen LogP contribution in [-0.4, -0.2) is 58.4 Å². The number of anilines is 1. The molecule has 184 valence electrons. The molecule has 0 spiro atoms. The quantitative estimate of drug-likeness (QED) is 0.442. The van der Waals surface area contributed by atoms with Gasteiger partial charge in [0.15, 0.2) is 17.2 Å². The number of ether oxygens (including phenoxy) is 3. The van der Waals surface area contributed by atoms with Crippen LogP contribution in [-0.2, 0) is 14.2 Å². The summed E-state index contributed by atoms with van der Waals surface area (Å²) in [6.45, 7) is 5.49. The molecule has 33 heavy (non-hydrogen) atoms. The zero-order chi connectivity index (χ0) is 23.6. The van der Waals surface area contributed by atoms with Crippen molar-refractivity contribution in [3.8, 4) is 0 Å². The first-order valence-electron chi connectivity index (χ1n) is 12.3. The number of rotatable bonds is 7. The summed E-state index contributed by atoms with van der Waals surface area (Å²) in [6, 6.07) is 8.05. The lowest BCUT2D eigenvalue weighted by molar-refractivity contribution is -0.218. The summed E-state index contributed by atoms with van der Waals surface area (Å²) < 4.78 is 17.6. The van der Waals surface area contributed by atoms with Crippen LogP contribution in [0.1, 0.15) is 70.8 Å². The van der Waals surface area contributed by atoms with Crippen molar-refractivity contribution < 1.29 is 24.4 Å². The van der Waals surface area contributed by atoms with Crippen molar-refractivity contribution in [3.05, 3.63) is 29.8 Å². The fourth-order valence-corrected chi connectivity index (χ4v) is 5.73. The van der Waals surface area contributed by atoms with E-state index in [9.17, 15) is 10.2 Å². The second kappa shape index (κ2) is 10.5. The number of hydrogen-bond acceptors (Lipinski definition) is 6. The van der Waals surface area contributed by atoms with E-state index in [0.29, 0.717) is 11.0 Å². The van der Waals surface area contributed by atoms with E-state index in [1.54, 1.807) is 0 Å². The Labute approximate surface area is 202 Å². The Bertz CT molecular complexity index is 796. The van der Waals surface area contributed by atoms with Gasteiger partial charge < -0.3 is 35.1 Å². The molecule has 0 amide bonds.